The molecule has 0 fully saturated rings. The molecule has 0 saturated heterocycles. The topological polar surface area (TPSA) is 140 Å². The third kappa shape index (κ3) is 5.17. The number of esters is 1. The van der Waals surface area contributed by atoms with E-state index in [1.807, 2.05) is 6.07 Å². The summed E-state index contributed by atoms with van der Waals surface area (Å²) in [5, 5.41) is 11.7. The van der Waals surface area contributed by atoms with Crippen LogP contribution in [0, 0.1) is 11.3 Å². The van der Waals surface area contributed by atoms with Crippen molar-refractivity contribution in [2.24, 2.45) is 0 Å². The number of carbonyl (C=O) groups excluding carboxylic acids is 2. The van der Waals surface area contributed by atoms with Gasteiger partial charge in [-0.1, -0.05) is 12.1 Å². The van der Waals surface area contributed by atoms with Crippen LogP contribution in [0.3, 0.4) is 0 Å². The molecule has 1 atom stereocenters. The number of nitriles is 1. The molecular formula is C19H21N5O4. The quantitative estimate of drug-likeness (QED) is 0.688. The lowest BCUT2D eigenvalue weighted by molar-refractivity contribution is -0.119. The molecule has 146 valence electrons. The number of carbonyl (C=O) groups is 2. The van der Waals surface area contributed by atoms with E-state index in [9.17, 15) is 9.59 Å². The van der Waals surface area contributed by atoms with Crippen molar-refractivity contribution in [3.8, 4) is 23.3 Å². The highest BCUT2D eigenvalue weighted by molar-refractivity contribution is 5.97. The zero-order valence-corrected chi connectivity index (χ0v) is 15.9. The molecule has 2 aromatic rings. The van der Waals surface area contributed by atoms with E-state index in [4.69, 9.17) is 20.5 Å². The Morgan fingerprint density at radius 1 is 1.36 bits per heavy atom. The summed E-state index contributed by atoms with van der Waals surface area (Å²) in [5.41, 5.74) is 6.87. The standard InChI is InChI=1S/C19H21N5O4/c1-4-27-19(26)15-16(21)23-17(14-7-5-6-13(8-14)9-20)24-18(15)28-11(2)10-22-12(3)25/h5-8,11H,4,10H2,1-3H3,(H,22,25)(H2,21,23,24). The van der Waals surface area contributed by atoms with Gasteiger partial charge in [0.1, 0.15) is 11.9 Å². The van der Waals surface area contributed by atoms with Crippen molar-refractivity contribution >= 4 is 17.7 Å². The van der Waals surface area contributed by atoms with Crippen LogP contribution in [0.4, 0.5) is 5.82 Å². The Morgan fingerprint density at radius 2 is 2.11 bits per heavy atom. The molecule has 0 aliphatic carbocycles. The molecule has 0 aliphatic rings. The number of amides is 1. The smallest absolute Gasteiger partial charge is 0.347 e. The van der Waals surface area contributed by atoms with E-state index in [0.717, 1.165) is 0 Å². The van der Waals surface area contributed by atoms with E-state index in [-0.39, 0.29) is 42.1 Å². The summed E-state index contributed by atoms with van der Waals surface area (Å²) in [5.74, 6) is -0.880. The molecule has 1 amide bonds. The molecule has 3 N–H and O–H groups in total. The second-order valence-corrected chi connectivity index (χ2v) is 5.89. The minimum Gasteiger partial charge on any atom is -0.472 e. The molecule has 0 spiro atoms. The largest absolute Gasteiger partial charge is 0.472 e. The highest BCUT2D eigenvalue weighted by Crippen LogP contribution is 2.27. The predicted octanol–water partition coefficient (Wildman–Crippen LogP) is 1.68. The average Bonchev–Trinajstić information content (AvgIpc) is 2.66. The fourth-order valence-electron chi connectivity index (χ4n) is 2.31. The van der Waals surface area contributed by atoms with Gasteiger partial charge in [-0.2, -0.15) is 10.2 Å². The van der Waals surface area contributed by atoms with E-state index >= 15 is 0 Å². The number of nitrogens with zero attached hydrogens (tertiary/aromatic N) is 3. The summed E-state index contributed by atoms with van der Waals surface area (Å²) in [6, 6.07) is 8.69. The number of rotatable bonds is 7. The van der Waals surface area contributed by atoms with E-state index in [0.29, 0.717) is 11.1 Å². The average molecular weight is 383 g/mol. The van der Waals surface area contributed by atoms with Crippen molar-refractivity contribution in [3.05, 3.63) is 35.4 Å². The highest BCUT2D eigenvalue weighted by atomic mass is 16.5. The predicted molar refractivity (Wildman–Crippen MR) is 101 cm³/mol. The monoisotopic (exact) mass is 383 g/mol. The Morgan fingerprint density at radius 3 is 2.75 bits per heavy atom. The number of nitrogen functional groups attached to an aromatic ring is 1. The first kappa shape index (κ1) is 20.6. The molecular weight excluding hydrogens is 362 g/mol. The number of benzene rings is 1. The number of nitrogens with one attached hydrogen (secondary N) is 1. The van der Waals surface area contributed by atoms with Gasteiger partial charge in [0.2, 0.25) is 11.8 Å². The fourth-order valence-corrected chi connectivity index (χ4v) is 2.31. The molecule has 0 bridgehead atoms. The van der Waals surface area contributed by atoms with Crippen molar-refractivity contribution in [2.75, 3.05) is 18.9 Å². The molecule has 28 heavy (non-hydrogen) atoms. The molecule has 1 aromatic carbocycles. The minimum atomic E-state index is -0.709. The molecule has 0 aliphatic heterocycles. The van der Waals surface area contributed by atoms with E-state index in [1.54, 1.807) is 38.1 Å². The summed E-state index contributed by atoms with van der Waals surface area (Å²) in [6.45, 7) is 5.11. The van der Waals surface area contributed by atoms with Gasteiger partial charge >= 0.3 is 5.97 Å². The molecule has 9 heteroatoms. The Hall–Kier alpha value is -3.67. The van der Waals surface area contributed by atoms with Gasteiger partial charge in [-0.05, 0) is 26.0 Å². The van der Waals surface area contributed by atoms with Crippen LogP contribution < -0.4 is 15.8 Å². The van der Waals surface area contributed by atoms with Crippen LogP contribution in [-0.2, 0) is 9.53 Å². The molecule has 1 aromatic heterocycles. The van der Waals surface area contributed by atoms with Gasteiger partial charge in [-0.3, -0.25) is 4.79 Å². The van der Waals surface area contributed by atoms with Gasteiger partial charge in [-0.15, -0.1) is 0 Å². The van der Waals surface area contributed by atoms with Crippen molar-refractivity contribution in [3.63, 3.8) is 0 Å². The maximum Gasteiger partial charge on any atom is 0.347 e. The Balaban J connectivity index is 2.47. The minimum absolute atomic E-state index is 0.0545. The first-order chi connectivity index (χ1) is 13.3. The maximum absolute atomic E-state index is 12.3. The number of nitrogens with two attached hydrogens (primary N) is 1. The maximum atomic E-state index is 12.3. The lowest BCUT2D eigenvalue weighted by Gasteiger charge is -2.18. The van der Waals surface area contributed by atoms with Crippen molar-refractivity contribution < 1.29 is 19.1 Å². The Bertz CT molecular complexity index is 923. The number of aromatic nitrogens is 2. The molecule has 9 nitrogen and oxygen atoms in total. The second-order valence-electron chi connectivity index (χ2n) is 5.89. The van der Waals surface area contributed by atoms with Gasteiger partial charge in [0.05, 0.1) is 24.8 Å². The summed E-state index contributed by atoms with van der Waals surface area (Å²) < 4.78 is 10.8. The summed E-state index contributed by atoms with van der Waals surface area (Å²) in [4.78, 5) is 31.9. The third-order valence-corrected chi connectivity index (χ3v) is 3.58. The second kappa shape index (κ2) is 9.32. The first-order valence-corrected chi connectivity index (χ1v) is 8.62. The van der Waals surface area contributed by atoms with E-state index in [1.165, 1.54) is 6.92 Å². The van der Waals surface area contributed by atoms with Crippen LogP contribution in [0.25, 0.3) is 11.4 Å². The molecule has 0 radical (unpaired) electrons. The third-order valence-electron chi connectivity index (χ3n) is 3.58. The molecule has 1 unspecified atom stereocenters. The van der Waals surface area contributed by atoms with E-state index < -0.39 is 12.1 Å². The van der Waals surface area contributed by atoms with Crippen molar-refractivity contribution in [1.29, 1.82) is 5.26 Å². The zero-order valence-electron chi connectivity index (χ0n) is 15.9. The van der Waals surface area contributed by atoms with Crippen LogP contribution in [0.2, 0.25) is 0 Å². The van der Waals surface area contributed by atoms with Crippen LogP contribution in [0.1, 0.15) is 36.7 Å². The summed E-state index contributed by atoms with van der Waals surface area (Å²) in [7, 11) is 0. The van der Waals surface area contributed by atoms with Gasteiger partial charge in [0.25, 0.3) is 0 Å². The first-order valence-electron chi connectivity index (χ1n) is 8.62. The van der Waals surface area contributed by atoms with Gasteiger partial charge in [-0.25, -0.2) is 9.78 Å². The lowest BCUT2D eigenvalue weighted by atomic mass is 10.1. The van der Waals surface area contributed by atoms with Gasteiger partial charge in [0.15, 0.2) is 11.4 Å². The highest BCUT2D eigenvalue weighted by Gasteiger charge is 2.24. The normalized spacial score (nSPS) is 11.2. The van der Waals surface area contributed by atoms with Crippen molar-refractivity contribution in [2.45, 2.75) is 26.9 Å². The van der Waals surface area contributed by atoms with Crippen LogP contribution in [0.15, 0.2) is 24.3 Å². The van der Waals surface area contributed by atoms with Crippen LogP contribution in [0.5, 0.6) is 5.88 Å². The molecule has 1 heterocycles. The number of hydrogen-bond acceptors (Lipinski definition) is 8. The summed E-state index contributed by atoms with van der Waals surface area (Å²) in [6.07, 6.45) is -0.496. The number of hydrogen-bond donors (Lipinski definition) is 2. The lowest BCUT2D eigenvalue weighted by Crippen LogP contribution is -2.32. The summed E-state index contributed by atoms with van der Waals surface area (Å²) >= 11 is 0. The van der Waals surface area contributed by atoms with E-state index in [2.05, 4.69) is 15.3 Å². The van der Waals surface area contributed by atoms with Crippen molar-refractivity contribution in [1.82, 2.24) is 15.3 Å². The molecule has 2 rings (SSSR count). The Kier molecular flexibility index (Phi) is 6.87. The SMILES string of the molecule is CCOC(=O)c1c(N)nc(-c2cccc(C#N)c2)nc1OC(C)CNC(C)=O. The molecule has 0 saturated carbocycles. The van der Waals surface area contributed by atoms with Gasteiger partial charge < -0.3 is 20.5 Å². The van der Waals surface area contributed by atoms with Crippen LogP contribution >= 0.6 is 0 Å². The zero-order chi connectivity index (χ0) is 20.7. The Labute approximate surface area is 162 Å². The fraction of sp³-hybridized carbons (Fsp3) is 0.316. The number of anilines is 1. The van der Waals surface area contributed by atoms with Crippen LogP contribution in [-0.4, -0.2) is 41.1 Å². The number of ether oxygens (including phenoxy) is 2. The van der Waals surface area contributed by atoms with Gasteiger partial charge in [0, 0.05) is 12.5 Å².